The summed E-state index contributed by atoms with van der Waals surface area (Å²) >= 11 is 0. The van der Waals surface area contributed by atoms with E-state index in [1.165, 1.54) is 4.68 Å². The van der Waals surface area contributed by atoms with E-state index in [-0.39, 0.29) is 24.3 Å². The first kappa shape index (κ1) is 23.2. The molecule has 0 spiro atoms. The molecule has 4 N–H and O–H groups in total. The average Bonchev–Trinajstić information content (AvgIpc) is 2.89. The molecule has 0 radical (unpaired) electrons. The van der Waals surface area contributed by atoms with E-state index in [1.54, 1.807) is 48.5 Å². The van der Waals surface area contributed by atoms with E-state index in [0.29, 0.717) is 16.5 Å². The van der Waals surface area contributed by atoms with Crippen molar-refractivity contribution in [2.45, 2.75) is 6.54 Å². The van der Waals surface area contributed by atoms with E-state index in [1.807, 2.05) is 36.4 Å². The van der Waals surface area contributed by atoms with Crippen molar-refractivity contribution in [2.75, 3.05) is 11.9 Å². The van der Waals surface area contributed by atoms with Gasteiger partial charge in [0, 0.05) is 11.1 Å². The summed E-state index contributed by atoms with van der Waals surface area (Å²) in [4.78, 5) is 49.8. The fourth-order valence-electron chi connectivity index (χ4n) is 3.35. The normalized spacial score (nSPS) is 10.4. The fraction of sp³-hybridized carbons (Fsp3) is 0.0800. The van der Waals surface area contributed by atoms with E-state index >= 15 is 0 Å². The van der Waals surface area contributed by atoms with Gasteiger partial charge in [0.05, 0.1) is 11.9 Å². The number of amides is 4. The van der Waals surface area contributed by atoms with Gasteiger partial charge >= 0.3 is 6.03 Å². The molecule has 1 heterocycles. The van der Waals surface area contributed by atoms with E-state index in [2.05, 4.69) is 26.6 Å². The van der Waals surface area contributed by atoms with Crippen LogP contribution in [0, 0.1) is 0 Å². The second kappa shape index (κ2) is 10.8. The van der Waals surface area contributed by atoms with Gasteiger partial charge in [0.25, 0.3) is 17.4 Å². The number of hydrazine groups is 1. The van der Waals surface area contributed by atoms with Crippen LogP contribution in [0.4, 0.5) is 10.5 Å². The molecule has 0 fully saturated rings. The van der Waals surface area contributed by atoms with Gasteiger partial charge in [-0.3, -0.25) is 25.2 Å². The van der Waals surface area contributed by atoms with Gasteiger partial charge in [0.1, 0.15) is 6.54 Å². The van der Waals surface area contributed by atoms with Crippen LogP contribution in [0.3, 0.4) is 0 Å². The lowest BCUT2D eigenvalue weighted by atomic mass is 10.1. The number of urea groups is 1. The molecule has 10 heteroatoms. The van der Waals surface area contributed by atoms with Crippen LogP contribution in [0.25, 0.3) is 10.8 Å². The maximum absolute atomic E-state index is 12.9. The molecule has 35 heavy (non-hydrogen) atoms. The van der Waals surface area contributed by atoms with Gasteiger partial charge in [0.15, 0.2) is 5.69 Å². The molecule has 0 aliphatic carbocycles. The molecule has 176 valence electrons. The van der Waals surface area contributed by atoms with Crippen molar-refractivity contribution in [3.8, 4) is 0 Å². The Morgan fingerprint density at radius 3 is 2.11 bits per heavy atom. The van der Waals surface area contributed by atoms with Gasteiger partial charge in [-0.15, -0.1) is 0 Å². The quantitative estimate of drug-likeness (QED) is 0.320. The average molecular weight is 470 g/mol. The summed E-state index contributed by atoms with van der Waals surface area (Å²) < 4.78 is 1.21. The minimum atomic E-state index is -0.704. The van der Waals surface area contributed by atoms with Crippen LogP contribution >= 0.6 is 0 Å². The van der Waals surface area contributed by atoms with Crippen LogP contribution in [0.5, 0.6) is 0 Å². The molecular weight excluding hydrogens is 448 g/mol. The zero-order valence-electron chi connectivity index (χ0n) is 18.5. The van der Waals surface area contributed by atoms with Crippen molar-refractivity contribution < 1.29 is 14.4 Å². The van der Waals surface area contributed by atoms with E-state index < -0.39 is 17.8 Å². The Kier molecular flexibility index (Phi) is 7.12. The van der Waals surface area contributed by atoms with Gasteiger partial charge in [0.2, 0.25) is 0 Å². The van der Waals surface area contributed by atoms with Gasteiger partial charge < -0.3 is 10.6 Å². The van der Waals surface area contributed by atoms with Crippen molar-refractivity contribution >= 4 is 34.3 Å². The molecule has 0 saturated carbocycles. The molecule has 4 aromatic rings. The Morgan fingerprint density at radius 1 is 0.771 bits per heavy atom. The Balaban J connectivity index is 1.42. The standard InChI is InChI=1S/C25H22N6O4/c32-21(15-26-25(35)27-18-11-5-2-6-12-18)28-29-23(33)22-19-13-7-8-14-20(19)24(34)31(30-22)16-17-9-3-1-4-10-17/h1-14H,15-16H2,(H,28,32)(H,29,33)(H2,26,27,35). The number of carbonyl (C=O) groups excluding carboxylic acids is 3. The van der Waals surface area contributed by atoms with Crippen LogP contribution in [0.1, 0.15) is 16.1 Å². The third kappa shape index (κ3) is 5.88. The number of benzene rings is 3. The van der Waals surface area contributed by atoms with Crippen molar-refractivity contribution in [1.82, 2.24) is 25.9 Å². The topological polar surface area (TPSA) is 134 Å². The Hall–Kier alpha value is -4.99. The van der Waals surface area contributed by atoms with Crippen molar-refractivity contribution in [1.29, 1.82) is 0 Å². The first-order chi connectivity index (χ1) is 17.0. The number of carbonyl (C=O) groups is 3. The third-order valence-electron chi connectivity index (χ3n) is 5.01. The number of hydrogen-bond donors (Lipinski definition) is 4. The second-order valence-electron chi connectivity index (χ2n) is 7.52. The molecule has 0 atom stereocenters. The summed E-state index contributed by atoms with van der Waals surface area (Å²) in [5, 5.41) is 9.91. The number of para-hydroxylation sites is 1. The molecule has 0 unspecified atom stereocenters. The Labute approximate surface area is 199 Å². The molecule has 0 aliphatic rings. The number of aromatic nitrogens is 2. The zero-order valence-corrected chi connectivity index (χ0v) is 18.5. The predicted octanol–water partition coefficient (Wildman–Crippen LogP) is 2.03. The predicted molar refractivity (Wildman–Crippen MR) is 131 cm³/mol. The monoisotopic (exact) mass is 470 g/mol. The van der Waals surface area contributed by atoms with Gasteiger partial charge in [-0.25, -0.2) is 9.48 Å². The summed E-state index contributed by atoms with van der Waals surface area (Å²) in [7, 11) is 0. The van der Waals surface area contributed by atoms with Crippen LogP contribution in [0.15, 0.2) is 89.7 Å². The second-order valence-corrected chi connectivity index (χ2v) is 7.52. The maximum Gasteiger partial charge on any atom is 0.319 e. The molecule has 0 saturated heterocycles. The number of anilines is 1. The van der Waals surface area contributed by atoms with Gasteiger partial charge in [-0.2, -0.15) is 5.10 Å². The van der Waals surface area contributed by atoms with E-state index in [4.69, 9.17) is 0 Å². The summed E-state index contributed by atoms with van der Waals surface area (Å²) in [5.74, 6) is -1.35. The molecule has 3 aromatic carbocycles. The summed E-state index contributed by atoms with van der Waals surface area (Å²) in [5.41, 5.74) is 5.59. The number of rotatable bonds is 6. The highest BCUT2D eigenvalue weighted by molar-refractivity contribution is 6.05. The number of fused-ring (bicyclic) bond motifs is 1. The molecule has 0 aliphatic heterocycles. The molecule has 1 aromatic heterocycles. The lowest BCUT2D eigenvalue weighted by Crippen LogP contribution is -2.47. The maximum atomic E-state index is 12.9. The smallest absolute Gasteiger partial charge is 0.319 e. The van der Waals surface area contributed by atoms with Crippen LogP contribution in [-0.2, 0) is 11.3 Å². The lowest BCUT2D eigenvalue weighted by molar-refractivity contribution is -0.120. The number of nitrogens with one attached hydrogen (secondary N) is 4. The number of nitrogens with zero attached hydrogens (tertiary/aromatic N) is 2. The van der Waals surface area contributed by atoms with Crippen LogP contribution in [0.2, 0.25) is 0 Å². The largest absolute Gasteiger partial charge is 0.329 e. The molecular formula is C25H22N6O4. The molecule has 10 nitrogen and oxygen atoms in total. The minimum absolute atomic E-state index is 0.0220. The Morgan fingerprint density at radius 2 is 1.40 bits per heavy atom. The lowest BCUT2D eigenvalue weighted by Gasteiger charge is -2.12. The van der Waals surface area contributed by atoms with Crippen molar-refractivity contribution in [3.63, 3.8) is 0 Å². The first-order valence-electron chi connectivity index (χ1n) is 10.7. The summed E-state index contributed by atoms with van der Waals surface area (Å²) in [6, 6.07) is 24.0. The minimum Gasteiger partial charge on any atom is -0.329 e. The Bertz CT molecular complexity index is 1420. The SMILES string of the molecule is O=C(CNC(=O)Nc1ccccc1)NNC(=O)c1nn(Cc2ccccc2)c(=O)c2ccccc12. The zero-order chi connectivity index (χ0) is 24.6. The van der Waals surface area contributed by atoms with Crippen molar-refractivity contribution in [2.24, 2.45) is 0 Å². The van der Waals surface area contributed by atoms with Crippen molar-refractivity contribution in [3.05, 3.63) is 107 Å². The van der Waals surface area contributed by atoms with E-state index in [9.17, 15) is 19.2 Å². The highest BCUT2D eigenvalue weighted by Gasteiger charge is 2.17. The van der Waals surface area contributed by atoms with E-state index in [0.717, 1.165) is 5.56 Å². The highest BCUT2D eigenvalue weighted by atomic mass is 16.2. The number of hydrogen-bond acceptors (Lipinski definition) is 5. The first-order valence-corrected chi connectivity index (χ1v) is 10.7. The summed E-state index contributed by atoms with van der Waals surface area (Å²) in [6.07, 6.45) is 0. The van der Waals surface area contributed by atoms with Crippen LogP contribution in [-0.4, -0.2) is 34.2 Å². The van der Waals surface area contributed by atoms with Gasteiger partial charge in [-0.05, 0) is 23.8 Å². The third-order valence-corrected chi connectivity index (χ3v) is 5.01. The van der Waals surface area contributed by atoms with Crippen LogP contribution < -0.4 is 27.0 Å². The molecule has 4 rings (SSSR count). The highest BCUT2D eigenvalue weighted by Crippen LogP contribution is 2.13. The molecule has 0 bridgehead atoms. The van der Waals surface area contributed by atoms with Gasteiger partial charge in [-0.1, -0.05) is 66.7 Å². The summed E-state index contributed by atoms with van der Waals surface area (Å²) in [6.45, 7) is -0.196. The molecule has 4 amide bonds. The fourth-order valence-corrected chi connectivity index (χ4v) is 3.35.